The largest absolute Gasteiger partial charge is 0.378 e. The molecule has 0 unspecified atom stereocenters. The van der Waals surface area contributed by atoms with E-state index in [0.717, 1.165) is 72.9 Å². The fourth-order valence-corrected chi connectivity index (χ4v) is 5.84. The first-order chi connectivity index (χ1) is 19.8. The maximum atomic E-state index is 13.7. The molecule has 2 fully saturated rings. The van der Waals surface area contributed by atoms with Gasteiger partial charge in [-0.2, -0.15) is 5.10 Å². The number of hydrogen-bond donors (Lipinski definition) is 3. The zero-order chi connectivity index (χ0) is 28.4. The van der Waals surface area contributed by atoms with Gasteiger partial charge in [-0.1, -0.05) is 6.07 Å². The number of aromatic amines is 1. The van der Waals surface area contributed by atoms with Crippen molar-refractivity contribution in [1.82, 2.24) is 10.2 Å². The van der Waals surface area contributed by atoms with E-state index < -0.39 is 11.6 Å². The van der Waals surface area contributed by atoms with Gasteiger partial charge in [0.15, 0.2) is 5.82 Å². The molecular weight excluding hydrogens is 526 g/mol. The molecule has 0 atom stereocenters. The van der Waals surface area contributed by atoms with Gasteiger partial charge < -0.3 is 15.0 Å². The second kappa shape index (κ2) is 11.5. The fraction of sp³-hybridized carbons (Fsp3) is 0.355. The number of nitrogens with zero attached hydrogens (tertiary/aromatic N) is 3. The van der Waals surface area contributed by atoms with Crippen molar-refractivity contribution >= 4 is 34.0 Å². The number of nitrogens with one attached hydrogen (secondary N) is 3. The van der Waals surface area contributed by atoms with Crippen molar-refractivity contribution in [2.75, 3.05) is 62.1 Å². The van der Waals surface area contributed by atoms with Crippen LogP contribution >= 0.6 is 0 Å². The number of fused-ring (bicyclic) bond motifs is 1. The molecule has 1 amide bonds. The molecule has 3 N–H and O–H groups in total. The van der Waals surface area contributed by atoms with E-state index in [4.69, 9.17) is 4.74 Å². The van der Waals surface area contributed by atoms with Crippen LogP contribution in [0.15, 0.2) is 54.6 Å². The second-order valence-electron chi connectivity index (χ2n) is 11.2. The first kappa shape index (κ1) is 27.2. The molecule has 41 heavy (non-hydrogen) atoms. The second-order valence-corrected chi connectivity index (χ2v) is 11.2. The molecule has 0 spiro atoms. The van der Waals surface area contributed by atoms with Crippen molar-refractivity contribution in [3.05, 3.63) is 82.9 Å². The van der Waals surface area contributed by atoms with Crippen LogP contribution < -0.4 is 15.6 Å². The molecule has 3 aromatic carbocycles. The van der Waals surface area contributed by atoms with Gasteiger partial charge in [-0.3, -0.25) is 9.89 Å². The van der Waals surface area contributed by atoms with E-state index in [1.165, 1.54) is 18.6 Å². The van der Waals surface area contributed by atoms with E-state index in [2.05, 4.69) is 39.0 Å². The van der Waals surface area contributed by atoms with Gasteiger partial charge in [-0.15, -0.1) is 0 Å². The van der Waals surface area contributed by atoms with Crippen molar-refractivity contribution in [3.63, 3.8) is 0 Å². The van der Waals surface area contributed by atoms with E-state index in [1.807, 2.05) is 30.3 Å². The van der Waals surface area contributed by atoms with Crippen molar-refractivity contribution in [2.24, 2.45) is 0 Å². The third-order valence-corrected chi connectivity index (χ3v) is 8.01. The minimum absolute atomic E-state index is 0.268. The monoisotopic (exact) mass is 561 g/mol. The van der Waals surface area contributed by atoms with Crippen LogP contribution in [0, 0.1) is 11.6 Å². The third-order valence-electron chi connectivity index (χ3n) is 8.01. The molecule has 1 aromatic heterocycles. The molecule has 8 nitrogen and oxygen atoms in total. The Balaban J connectivity index is 1.28. The van der Waals surface area contributed by atoms with Gasteiger partial charge in [-0.05, 0) is 79.3 Å². The molecule has 4 aromatic rings. The number of carbonyl (C=O) groups excluding carboxylic acids is 1. The molecule has 0 aliphatic carbocycles. The zero-order valence-corrected chi connectivity index (χ0v) is 23.2. The number of quaternary nitrogens is 1. The maximum absolute atomic E-state index is 13.7. The van der Waals surface area contributed by atoms with E-state index in [-0.39, 0.29) is 5.91 Å². The number of carbonyl (C=O) groups is 1. The van der Waals surface area contributed by atoms with Crippen molar-refractivity contribution < 1.29 is 22.9 Å². The van der Waals surface area contributed by atoms with E-state index in [0.29, 0.717) is 41.2 Å². The summed E-state index contributed by atoms with van der Waals surface area (Å²) in [7, 11) is 2.18. The Bertz CT molecular complexity index is 1540. The van der Waals surface area contributed by atoms with Gasteiger partial charge in [0.1, 0.15) is 24.7 Å². The highest BCUT2D eigenvalue weighted by Crippen LogP contribution is 2.30. The summed E-state index contributed by atoms with van der Waals surface area (Å²) >= 11 is 0. The lowest BCUT2D eigenvalue weighted by atomic mass is 10.0. The molecule has 6 rings (SSSR count). The highest BCUT2D eigenvalue weighted by atomic mass is 19.1. The van der Waals surface area contributed by atoms with E-state index >= 15 is 0 Å². The van der Waals surface area contributed by atoms with Gasteiger partial charge in [-0.25, -0.2) is 18.8 Å². The summed E-state index contributed by atoms with van der Waals surface area (Å²) in [5, 5.41) is 11.1. The first-order valence-corrected chi connectivity index (χ1v) is 14.2. The number of amides is 1. The minimum atomic E-state index is -0.609. The molecule has 2 aliphatic rings. The van der Waals surface area contributed by atoms with Crippen LogP contribution in [0.2, 0.25) is 0 Å². The zero-order valence-electron chi connectivity index (χ0n) is 23.2. The lowest BCUT2D eigenvalue weighted by Gasteiger charge is -2.38. The maximum Gasteiger partial charge on any atom is 0.259 e. The van der Waals surface area contributed by atoms with Crippen LogP contribution in [0.3, 0.4) is 0 Å². The molecule has 0 bridgehead atoms. The van der Waals surface area contributed by atoms with Gasteiger partial charge in [0, 0.05) is 30.2 Å². The molecule has 10 heteroatoms. The van der Waals surface area contributed by atoms with Crippen LogP contribution in [-0.2, 0) is 11.2 Å². The average molecular weight is 562 g/mol. The summed E-state index contributed by atoms with van der Waals surface area (Å²) in [6, 6.07) is 15.1. The molecule has 3 heterocycles. The molecule has 214 valence electrons. The SMILES string of the molecule is C[N+]1(Nc2cc(N3CCOCC3)ccc2C(=O)Nc2n[nH]c3ccc(Cc4cc(F)cc(F)c4)cc23)CCCCC1. The number of benzene rings is 3. The molecular formula is C31H35F2N6O2+. The summed E-state index contributed by atoms with van der Waals surface area (Å²) in [6.07, 6.45) is 3.84. The van der Waals surface area contributed by atoms with Gasteiger partial charge in [0.2, 0.25) is 0 Å². The van der Waals surface area contributed by atoms with Crippen molar-refractivity contribution in [2.45, 2.75) is 25.7 Å². The predicted octanol–water partition coefficient (Wildman–Crippen LogP) is 5.48. The Morgan fingerprint density at radius 1 is 0.976 bits per heavy atom. The summed E-state index contributed by atoms with van der Waals surface area (Å²) in [5.41, 5.74) is 8.18. The van der Waals surface area contributed by atoms with Crippen molar-refractivity contribution in [1.29, 1.82) is 0 Å². The fourth-order valence-electron chi connectivity index (χ4n) is 5.84. The van der Waals surface area contributed by atoms with E-state index in [1.54, 1.807) is 0 Å². The van der Waals surface area contributed by atoms with Gasteiger partial charge in [0.25, 0.3) is 5.91 Å². The lowest BCUT2D eigenvalue weighted by molar-refractivity contribution is -0.893. The quantitative estimate of drug-likeness (QED) is 0.261. The predicted molar refractivity (Wildman–Crippen MR) is 156 cm³/mol. The number of morpholine rings is 1. The number of hydrogen-bond acceptors (Lipinski definition) is 5. The lowest BCUT2D eigenvalue weighted by Crippen LogP contribution is -2.52. The Morgan fingerprint density at radius 2 is 1.73 bits per heavy atom. The summed E-state index contributed by atoms with van der Waals surface area (Å²) in [5.74, 6) is -1.08. The normalized spacial score (nSPS) is 17.0. The Morgan fingerprint density at radius 3 is 2.49 bits per heavy atom. The highest BCUT2D eigenvalue weighted by Gasteiger charge is 2.28. The summed E-state index contributed by atoms with van der Waals surface area (Å²) < 4.78 is 33.6. The van der Waals surface area contributed by atoms with E-state index in [9.17, 15) is 13.6 Å². The third kappa shape index (κ3) is 6.18. The topological polar surface area (TPSA) is 82.3 Å². The molecule has 2 saturated heterocycles. The molecule has 0 radical (unpaired) electrons. The number of halogens is 2. The number of anilines is 3. The van der Waals surface area contributed by atoms with Gasteiger partial charge in [0.05, 0.1) is 37.0 Å². The van der Waals surface area contributed by atoms with Crippen LogP contribution in [0.1, 0.15) is 40.7 Å². The summed E-state index contributed by atoms with van der Waals surface area (Å²) in [4.78, 5) is 16.0. The van der Waals surface area contributed by atoms with Crippen LogP contribution in [-0.4, -0.2) is 67.1 Å². The number of ether oxygens (including phenoxy) is 1. The van der Waals surface area contributed by atoms with Crippen LogP contribution in [0.5, 0.6) is 0 Å². The molecule has 2 aliphatic heterocycles. The Labute approximate surface area is 237 Å². The Hall–Kier alpha value is -4.02. The number of rotatable bonds is 7. The van der Waals surface area contributed by atoms with Crippen molar-refractivity contribution in [3.8, 4) is 0 Å². The van der Waals surface area contributed by atoms with Crippen LogP contribution in [0.25, 0.3) is 10.9 Å². The number of aromatic nitrogens is 2. The highest BCUT2D eigenvalue weighted by molar-refractivity contribution is 6.11. The first-order valence-electron chi connectivity index (χ1n) is 14.2. The molecule has 0 saturated carbocycles. The number of piperidine rings is 1. The smallest absolute Gasteiger partial charge is 0.259 e. The minimum Gasteiger partial charge on any atom is -0.378 e. The van der Waals surface area contributed by atoms with Crippen LogP contribution in [0.4, 0.5) is 26.0 Å². The Kier molecular flexibility index (Phi) is 7.59. The standard InChI is InChI=1S/C31H34F2N6O2/c1-39(11-3-2-4-12-39)37-29-20-25(38-9-13-41-14-10-38)6-7-26(29)31(40)34-30-27-18-21(5-8-28(27)35-36-30)15-22-16-23(32)19-24(33)17-22/h5-8,16-20H,2-4,9-15H2,1H3,(H2-,34,35,36,37,40)/p+1. The number of likely N-dealkylation sites (tertiary alicyclic amines) is 1. The summed E-state index contributed by atoms with van der Waals surface area (Å²) in [6.45, 7) is 4.96. The van der Waals surface area contributed by atoms with Gasteiger partial charge >= 0.3 is 0 Å². The average Bonchev–Trinajstić information content (AvgIpc) is 3.35. The number of H-pyrrole nitrogens is 1.